The van der Waals surface area contributed by atoms with E-state index in [0.717, 1.165) is 17.8 Å². The first kappa shape index (κ1) is 14.3. The van der Waals surface area contributed by atoms with Gasteiger partial charge in [0.25, 0.3) is 0 Å². The molecule has 1 atom stereocenters. The zero-order valence-corrected chi connectivity index (χ0v) is 11.8. The number of rotatable bonds is 6. The smallest absolute Gasteiger partial charge is 0.216 e. The highest BCUT2D eigenvalue weighted by molar-refractivity contribution is 5.72. The number of para-hydroxylation sites is 1. The molecule has 0 bridgehead atoms. The molecule has 106 valence electrons. The lowest BCUT2D eigenvalue weighted by atomic mass is 10.2. The molecule has 20 heavy (non-hydrogen) atoms. The van der Waals surface area contributed by atoms with Crippen molar-refractivity contribution in [1.82, 2.24) is 20.4 Å². The Hall–Kier alpha value is -2.14. The summed E-state index contributed by atoms with van der Waals surface area (Å²) in [6.45, 7) is 4.97. The number of carbonyl (C=O) groups excluding carboxylic acids is 1. The van der Waals surface area contributed by atoms with E-state index in [-0.39, 0.29) is 11.9 Å². The van der Waals surface area contributed by atoms with E-state index in [1.807, 2.05) is 47.4 Å². The van der Waals surface area contributed by atoms with Gasteiger partial charge in [0.2, 0.25) is 5.91 Å². The fourth-order valence-corrected chi connectivity index (χ4v) is 1.93. The van der Waals surface area contributed by atoms with Crippen molar-refractivity contribution in [3.63, 3.8) is 0 Å². The third-order valence-corrected chi connectivity index (χ3v) is 3.07. The van der Waals surface area contributed by atoms with Crippen LogP contribution in [-0.2, 0) is 4.79 Å². The Labute approximate surface area is 119 Å². The summed E-state index contributed by atoms with van der Waals surface area (Å²) >= 11 is 0. The minimum absolute atomic E-state index is 0.00338. The Morgan fingerprint density at radius 2 is 2.05 bits per heavy atom. The Bertz CT molecular complexity index is 550. The van der Waals surface area contributed by atoms with Crippen LogP contribution in [0.25, 0.3) is 5.69 Å². The van der Waals surface area contributed by atoms with Gasteiger partial charge in [0.1, 0.15) is 0 Å². The zero-order valence-electron chi connectivity index (χ0n) is 11.8. The Kier molecular flexibility index (Phi) is 4.90. The van der Waals surface area contributed by atoms with Gasteiger partial charge in [-0.1, -0.05) is 18.2 Å². The predicted molar refractivity (Wildman–Crippen MR) is 78.7 cm³/mol. The fourth-order valence-electron chi connectivity index (χ4n) is 1.93. The van der Waals surface area contributed by atoms with Crippen LogP contribution < -0.4 is 10.6 Å². The maximum Gasteiger partial charge on any atom is 0.216 e. The molecule has 0 aliphatic rings. The second kappa shape index (κ2) is 6.86. The zero-order chi connectivity index (χ0) is 14.4. The molecule has 0 saturated carbocycles. The van der Waals surface area contributed by atoms with Crippen molar-refractivity contribution in [3.05, 3.63) is 48.3 Å². The predicted octanol–water partition coefficient (Wildman–Crippen LogP) is 1.66. The monoisotopic (exact) mass is 272 g/mol. The van der Waals surface area contributed by atoms with Crippen molar-refractivity contribution < 1.29 is 4.79 Å². The lowest BCUT2D eigenvalue weighted by molar-refractivity contribution is -0.118. The average Bonchev–Trinajstić information content (AvgIpc) is 2.94. The van der Waals surface area contributed by atoms with Crippen LogP contribution in [0.5, 0.6) is 0 Å². The third kappa shape index (κ3) is 3.93. The first-order valence-corrected chi connectivity index (χ1v) is 6.74. The number of carbonyl (C=O) groups is 1. The first-order chi connectivity index (χ1) is 9.66. The normalized spacial score (nSPS) is 12.1. The maximum absolute atomic E-state index is 10.8. The fraction of sp³-hybridized carbons (Fsp3) is 0.333. The quantitative estimate of drug-likeness (QED) is 0.786. The molecule has 1 unspecified atom stereocenters. The number of benzene rings is 1. The van der Waals surface area contributed by atoms with Crippen molar-refractivity contribution in [3.8, 4) is 5.69 Å². The van der Waals surface area contributed by atoms with Gasteiger partial charge in [0, 0.05) is 37.8 Å². The Morgan fingerprint density at radius 1 is 1.30 bits per heavy atom. The van der Waals surface area contributed by atoms with E-state index in [1.165, 1.54) is 6.92 Å². The summed E-state index contributed by atoms with van der Waals surface area (Å²) in [5.41, 5.74) is 2.17. The van der Waals surface area contributed by atoms with E-state index in [4.69, 9.17) is 0 Å². The van der Waals surface area contributed by atoms with Crippen LogP contribution in [0, 0.1) is 0 Å². The van der Waals surface area contributed by atoms with Crippen molar-refractivity contribution in [2.75, 3.05) is 13.1 Å². The van der Waals surface area contributed by atoms with Crippen LogP contribution in [-0.4, -0.2) is 28.8 Å². The largest absolute Gasteiger partial charge is 0.355 e. The number of nitrogens with zero attached hydrogens (tertiary/aromatic N) is 2. The molecule has 0 spiro atoms. The van der Waals surface area contributed by atoms with Crippen LogP contribution in [0.1, 0.15) is 25.5 Å². The molecule has 1 heterocycles. The highest BCUT2D eigenvalue weighted by atomic mass is 16.1. The van der Waals surface area contributed by atoms with E-state index in [0.29, 0.717) is 6.54 Å². The lowest BCUT2D eigenvalue weighted by Crippen LogP contribution is -2.31. The minimum atomic E-state index is -0.00338. The Morgan fingerprint density at radius 3 is 2.75 bits per heavy atom. The molecule has 1 aromatic carbocycles. The van der Waals surface area contributed by atoms with Gasteiger partial charge >= 0.3 is 0 Å². The molecule has 1 amide bonds. The molecule has 2 aromatic rings. The van der Waals surface area contributed by atoms with Gasteiger partial charge in [0.15, 0.2) is 0 Å². The van der Waals surface area contributed by atoms with Crippen LogP contribution >= 0.6 is 0 Å². The second-order valence-electron chi connectivity index (χ2n) is 4.71. The van der Waals surface area contributed by atoms with E-state index in [1.54, 1.807) is 0 Å². The summed E-state index contributed by atoms with van der Waals surface area (Å²) < 4.78 is 1.86. The van der Waals surface area contributed by atoms with Gasteiger partial charge < -0.3 is 10.6 Å². The third-order valence-electron chi connectivity index (χ3n) is 3.07. The van der Waals surface area contributed by atoms with Gasteiger partial charge in [-0.3, -0.25) is 4.79 Å². The molecule has 0 saturated heterocycles. The van der Waals surface area contributed by atoms with Gasteiger partial charge in [-0.05, 0) is 19.1 Å². The van der Waals surface area contributed by atoms with Crippen molar-refractivity contribution in [2.45, 2.75) is 19.9 Å². The minimum Gasteiger partial charge on any atom is -0.355 e. The average molecular weight is 272 g/mol. The highest BCUT2D eigenvalue weighted by Gasteiger charge is 2.08. The molecule has 5 heteroatoms. The number of amides is 1. The van der Waals surface area contributed by atoms with Crippen molar-refractivity contribution >= 4 is 5.91 Å². The summed E-state index contributed by atoms with van der Waals surface area (Å²) in [6, 6.07) is 10.2. The van der Waals surface area contributed by atoms with Crippen LogP contribution in [0.3, 0.4) is 0 Å². The molecule has 0 aliphatic heterocycles. The van der Waals surface area contributed by atoms with E-state index in [9.17, 15) is 4.79 Å². The molecule has 1 aromatic heterocycles. The van der Waals surface area contributed by atoms with E-state index < -0.39 is 0 Å². The number of nitrogens with one attached hydrogen (secondary N) is 2. The van der Waals surface area contributed by atoms with E-state index in [2.05, 4.69) is 22.7 Å². The van der Waals surface area contributed by atoms with Gasteiger partial charge in [-0.25, -0.2) is 4.68 Å². The topological polar surface area (TPSA) is 59.0 Å². The molecule has 0 radical (unpaired) electrons. The molecule has 5 nitrogen and oxygen atoms in total. The van der Waals surface area contributed by atoms with Crippen molar-refractivity contribution in [1.29, 1.82) is 0 Å². The van der Waals surface area contributed by atoms with Gasteiger partial charge in [-0.2, -0.15) is 5.10 Å². The highest BCUT2D eigenvalue weighted by Crippen LogP contribution is 2.13. The van der Waals surface area contributed by atoms with Crippen LogP contribution in [0.2, 0.25) is 0 Å². The molecular weight excluding hydrogens is 252 g/mol. The Balaban J connectivity index is 1.90. The number of hydrogen-bond donors (Lipinski definition) is 2. The number of hydrogen-bond acceptors (Lipinski definition) is 3. The number of aromatic nitrogens is 2. The summed E-state index contributed by atoms with van der Waals surface area (Å²) in [4.78, 5) is 10.8. The second-order valence-corrected chi connectivity index (χ2v) is 4.71. The lowest BCUT2D eigenvalue weighted by Gasteiger charge is -2.11. The molecule has 0 aliphatic carbocycles. The molecule has 0 fully saturated rings. The molecule has 2 rings (SSSR count). The van der Waals surface area contributed by atoms with Crippen molar-refractivity contribution in [2.24, 2.45) is 0 Å². The van der Waals surface area contributed by atoms with Gasteiger partial charge in [0.05, 0.1) is 11.9 Å². The SMILES string of the molecule is CC(=O)NCCNC(C)c1cnn(-c2ccccc2)c1. The summed E-state index contributed by atoms with van der Waals surface area (Å²) in [6.07, 6.45) is 3.88. The van der Waals surface area contributed by atoms with Crippen LogP contribution in [0.4, 0.5) is 0 Å². The standard InChI is InChI=1S/C15H20N4O/c1-12(16-8-9-17-13(2)20)14-10-18-19(11-14)15-6-4-3-5-7-15/h3-7,10-12,16H,8-9H2,1-2H3,(H,17,20). The van der Waals surface area contributed by atoms with Crippen LogP contribution in [0.15, 0.2) is 42.7 Å². The summed E-state index contributed by atoms with van der Waals surface area (Å²) in [5, 5.41) is 10.5. The first-order valence-electron chi connectivity index (χ1n) is 6.74. The van der Waals surface area contributed by atoms with Gasteiger partial charge in [-0.15, -0.1) is 0 Å². The molecular formula is C15H20N4O. The maximum atomic E-state index is 10.8. The summed E-state index contributed by atoms with van der Waals surface area (Å²) in [5.74, 6) is -0.00338. The summed E-state index contributed by atoms with van der Waals surface area (Å²) in [7, 11) is 0. The van der Waals surface area contributed by atoms with E-state index >= 15 is 0 Å². The molecule has 2 N–H and O–H groups in total.